The van der Waals surface area contributed by atoms with E-state index in [0.717, 1.165) is 44.9 Å². The molecule has 0 bridgehead atoms. The summed E-state index contributed by atoms with van der Waals surface area (Å²) in [6.07, 6.45) is 13.8. The molecule has 12 nitrogen and oxygen atoms in total. The lowest BCUT2D eigenvalue weighted by molar-refractivity contribution is -0.152. The first-order valence-electron chi connectivity index (χ1n) is 15.6. The van der Waals surface area contributed by atoms with Gasteiger partial charge < -0.3 is 18.9 Å². The zero-order valence-corrected chi connectivity index (χ0v) is 25.5. The fourth-order valence-electron chi connectivity index (χ4n) is 5.65. The standard InChI is InChI=1S/C31H42FN5O7/c1-4-31(5-2)21(3)17-23(44-31)37-20-33-26-27(34-29(32)36-28(26)37)35-30(40)43-22-18-41-24(38)15-13-11-9-7-6-8-10-12-14-16-25(39)42-19-22/h1,20-23H,5-19H2,2-3H3,(H,34,35,36,40)/t21-,23+,31+/m0/s1. The highest BCUT2D eigenvalue weighted by Gasteiger charge is 2.45. The number of halogens is 1. The van der Waals surface area contributed by atoms with Gasteiger partial charge in [-0.15, -0.1) is 6.42 Å². The molecule has 4 rings (SSSR count). The molecule has 0 radical (unpaired) electrons. The molecule has 0 aliphatic carbocycles. The van der Waals surface area contributed by atoms with Crippen molar-refractivity contribution in [3.05, 3.63) is 12.4 Å². The molecule has 0 unspecified atom stereocenters. The Balaban J connectivity index is 1.43. The van der Waals surface area contributed by atoms with Crippen LogP contribution >= 0.6 is 0 Å². The summed E-state index contributed by atoms with van der Waals surface area (Å²) in [6, 6.07) is 0. The predicted octanol–water partition coefficient (Wildman–Crippen LogP) is 5.61. The van der Waals surface area contributed by atoms with Crippen molar-refractivity contribution >= 4 is 35.0 Å². The van der Waals surface area contributed by atoms with Gasteiger partial charge in [-0.25, -0.2) is 9.78 Å². The Morgan fingerprint density at radius 2 is 1.66 bits per heavy atom. The Labute approximate surface area is 256 Å². The van der Waals surface area contributed by atoms with Gasteiger partial charge in [0.15, 0.2) is 23.1 Å². The maximum absolute atomic E-state index is 14.6. The van der Waals surface area contributed by atoms with Crippen LogP contribution in [0.4, 0.5) is 15.0 Å². The first kappa shape index (κ1) is 33.1. The SMILES string of the molecule is C#C[C@]1(CC)O[C@@H](n2cnc3c(NC(=O)OC4COC(=O)CCCCCCCCCCCC(=O)OC4)nc(F)nc32)C[C@@H]1C. The van der Waals surface area contributed by atoms with Gasteiger partial charge in [0.25, 0.3) is 0 Å². The lowest BCUT2D eigenvalue weighted by Crippen LogP contribution is -2.32. The molecule has 2 saturated heterocycles. The van der Waals surface area contributed by atoms with Crippen molar-refractivity contribution in [2.45, 2.75) is 115 Å². The minimum Gasteiger partial charge on any atom is -0.462 e. The van der Waals surface area contributed by atoms with Gasteiger partial charge in [-0.05, 0) is 25.7 Å². The largest absolute Gasteiger partial charge is 0.462 e. The summed E-state index contributed by atoms with van der Waals surface area (Å²) in [5, 5.41) is 2.40. The van der Waals surface area contributed by atoms with Gasteiger partial charge in [0, 0.05) is 18.8 Å². The molecule has 2 aromatic rings. The van der Waals surface area contributed by atoms with Crippen molar-refractivity contribution in [3.8, 4) is 12.3 Å². The summed E-state index contributed by atoms with van der Waals surface area (Å²) in [6.45, 7) is 3.31. The molecule has 1 amide bonds. The molecule has 2 aliphatic heterocycles. The number of terminal acetylenes is 1. The van der Waals surface area contributed by atoms with Crippen LogP contribution < -0.4 is 5.32 Å². The molecule has 0 spiro atoms. The summed E-state index contributed by atoms with van der Waals surface area (Å²) in [4.78, 5) is 49.4. The monoisotopic (exact) mass is 615 g/mol. The number of imidazole rings is 1. The molecule has 2 aliphatic rings. The molecule has 4 heterocycles. The second-order valence-electron chi connectivity index (χ2n) is 11.5. The van der Waals surface area contributed by atoms with Crippen molar-refractivity contribution < 1.29 is 37.7 Å². The Bertz CT molecular complexity index is 1320. The first-order valence-corrected chi connectivity index (χ1v) is 15.6. The summed E-state index contributed by atoms with van der Waals surface area (Å²) < 4.78 is 38.4. The van der Waals surface area contributed by atoms with Crippen LogP contribution in [0.3, 0.4) is 0 Å². The van der Waals surface area contributed by atoms with Gasteiger partial charge in [-0.1, -0.05) is 64.7 Å². The number of anilines is 1. The summed E-state index contributed by atoms with van der Waals surface area (Å²) in [5.74, 6) is 1.69. The average Bonchev–Trinajstić information content (AvgIpc) is 3.57. The van der Waals surface area contributed by atoms with E-state index in [1.807, 2.05) is 13.8 Å². The van der Waals surface area contributed by atoms with Crippen LogP contribution in [-0.2, 0) is 28.5 Å². The van der Waals surface area contributed by atoms with E-state index in [1.54, 1.807) is 4.57 Å². The van der Waals surface area contributed by atoms with E-state index in [0.29, 0.717) is 25.7 Å². The van der Waals surface area contributed by atoms with Gasteiger partial charge in [-0.2, -0.15) is 14.4 Å². The normalized spacial score (nSPS) is 25.3. The highest BCUT2D eigenvalue weighted by Crippen LogP contribution is 2.43. The van der Waals surface area contributed by atoms with Crippen molar-refractivity contribution in [3.63, 3.8) is 0 Å². The second-order valence-corrected chi connectivity index (χ2v) is 11.5. The van der Waals surface area contributed by atoms with Gasteiger partial charge in [-0.3, -0.25) is 19.5 Å². The maximum Gasteiger partial charge on any atom is 0.413 e. The third-order valence-corrected chi connectivity index (χ3v) is 8.29. The fourth-order valence-corrected chi connectivity index (χ4v) is 5.65. The lowest BCUT2D eigenvalue weighted by Gasteiger charge is -2.25. The molecular weight excluding hydrogens is 573 g/mol. The number of hydrogen-bond acceptors (Lipinski definition) is 10. The average molecular weight is 616 g/mol. The molecule has 1 N–H and O–H groups in total. The zero-order chi connectivity index (χ0) is 31.5. The van der Waals surface area contributed by atoms with Crippen LogP contribution in [0.1, 0.15) is 104 Å². The Morgan fingerprint density at radius 3 is 2.20 bits per heavy atom. The molecule has 2 aromatic heterocycles. The molecule has 13 heteroatoms. The molecule has 0 aromatic carbocycles. The van der Waals surface area contributed by atoms with Crippen molar-refractivity contribution in [2.24, 2.45) is 5.92 Å². The Kier molecular flexibility index (Phi) is 11.9. The number of nitrogens with one attached hydrogen (secondary N) is 1. The van der Waals surface area contributed by atoms with Crippen LogP contribution in [0.2, 0.25) is 0 Å². The topological polar surface area (TPSA) is 144 Å². The summed E-state index contributed by atoms with van der Waals surface area (Å²) >= 11 is 0. The number of esters is 2. The molecule has 0 saturated carbocycles. The number of carbonyl (C=O) groups excluding carboxylic acids is 3. The highest BCUT2D eigenvalue weighted by atomic mass is 19.1. The smallest absolute Gasteiger partial charge is 0.413 e. The number of amides is 1. The van der Waals surface area contributed by atoms with Crippen LogP contribution in [0, 0.1) is 24.3 Å². The van der Waals surface area contributed by atoms with E-state index in [2.05, 4.69) is 26.2 Å². The first-order chi connectivity index (χ1) is 21.2. The van der Waals surface area contributed by atoms with E-state index < -0.39 is 42.0 Å². The lowest BCUT2D eigenvalue weighted by atomic mass is 9.87. The third-order valence-electron chi connectivity index (χ3n) is 8.29. The predicted molar refractivity (Wildman–Crippen MR) is 158 cm³/mol. The van der Waals surface area contributed by atoms with Gasteiger partial charge in [0.1, 0.15) is 25.0 Å². The number of fused-ring (bicyclic) bond motifs is 1. The molecule has 44 heavy (non-hydrogen) atoms. The van der Waals surface area contributed by atoms with Gasteiger partial charge >= 0.3 is 24.1 Å². The molecule has 2 fully saturated rings. The quantitative estimate of drug-likeness (QED) is 0.199. The second kappa shape index (κ2) is 15.8. The number of rotatable bonds is 4. The van der Waals surface area contributed by atoms with E-state index in [4.69, 9.17) is 25.4 Å². The number of hydrogen-bond donors (Lipinski definition) is 1. The van der Waals surface area contributed by atoms with Crippen molar-refractivity contribution in [1.29, 1.82) is 0 Å². The summed E-state index contributed by atoms with van der Waals surface area (Å²) in [7, 11) is 0. The van der Waals surface area contributed by atoms with Gasteiger partial charge in [0.05, 0.1) is 6.33 Å². The Hall–Kier alpha value is -3.79. The van der Waals surface area contributed by atoms with Crippen molar-refractivity contribution in [2.75, 3.05) is 18.5 Å². The van der Waals surface area contributed by atoms with E-state index in [9.17, 15) is 18.8 Å². The zero-order valence-electron chi connectivity index (χ0n) is 25.5. The van der Waals surface area contributed by atoms with Crippen LogP contribution in [0.25, 0.3) is 11.2 Å². The van der Waals surface area contributed by atoms with Crippen LogP contribution in [0.15, 0.2) is 6.33 Å². The maximum atomic E-state index is 14.6. The van der Waals surface area contributed by atoms with E-state index in [1.165, 1.54) is 6.33 Å². The van der Waals surface area contributed by atoms with Crippen LogP contribution in [-0.4, -0.2) is 62.5 Å². The number of aromatic nitrogens is 4. The highest BCUT2D eigenvalue weighted by molar-refractivity contribution is 5.93. The molecule has 240 valence electrons. The number of cyclic esters (lactones) is 2. The minimum absolute atomic E-state index is 0.0326. The number of nitrogens with zero attached hydrogens (tertiary/aromatic N) is 4. The van der Waals surface area contributed by atoms with Gasteiger partial charge in [0.2, 0.25) is 0 Å². The van der Waals surface area contributed by atoms with E-state index >= 15 is 0 Å². The summed E-state index contributed by atoms with van der Waals surface area (Å²) in [5.41, 5.74) is -0.557. The van der Waals surface area contributed by atoms with E-state index in [-0.39, 0.29) is 49.0 Å². The number of ether oxygens (including phenoxy) is 4. The fraction of sp³-hybridized carbons (Fsp3) is 0.677. The number of carbonyl (C=O) groups is 3. The Morgan fingerprint density at radius 1 is 1.07 bits per heavy atom. The third kappa shape index (κ3) is 8.65. The van der Waals surface area contributed by atoms with Crippen LogP contribution in [0.5, 0.6) is 0 Å². The van der Waals surface area contributed by atoms with Crippen molar-refractivity contribution in [1.82, 2.24) is 19.5 Å². The molecule has 3 atom stereocenters. The molecular formula is C31H42FN5O7. The minimum atomic E-state index is -1.10.